The first-order valence-corrected chi connectivity index (χ1v) is 8.89. The molecule has 0 bridgehead atoms. The summed E-state index contributed by atoms with van der Waals surface area (Å²) in [4.78, 5) is 12.3. The fraction of sp³-hybridized carbons (Fsp3) is 0.368. The van der Waals surface area contributed by atoms with Crippen molar-refractivity contribution in [2.24, 2.45) is 0 Å². The molecule has 0 saturated carbocycles. The van der Waals surface area contributed by atoms with Crippen LogP contribution in [0, 0.1) is 13.8 Å². The van der Waals surface area contributed by atoms with Crippen molar-refractivity contribution in [3.8, 4) is 5.69 Å². The summed E-state index contributed by atoms with van der Waals surface area (Å²) in [5, 5.41) is 11.6. The fourth-order valence-electron chi connectivity index (χ4n) is 3.03. The number of benzene rings is 1. The Labute approximate surface area is 165 Å². The molecule has 0 fully saturated rings. The average molecular weight is 395 g/mol. The maximum Gasteiger partial charge on any atom is 0.224 e. The molecule has 0 radical (unpaired) electrons. The molecule has 1 amide bonds. The van der Waals surface area contributed by atoms with Gasteiger partial charge in [0.25, 0.3) is 0 Å². The molecule has 0 saturated heterocycles. The van der Waals surface area contributed by atoms with Gasteiger partial charge in [0.2, 0.25) is 5.91 Å². The number of carbonyl (C=O) groups excluding carboxylic acids is 1. The van der Waals surface area contributed by atoms with Crippen molar-refractivity contribution >= 4 is 29.9 Å². The van der Waals surface area contributed by atoms with Crippen LogP contribution in [0.15, 0.2) is 35.9 Å². The standard InChI is InChI=1S/C19H23ClN4O.ClH/c1-13-18(11-19(25)22-12-15-7-9-21-10-8-15)14(2)24(23-13)17-5-3-16(20)4-6-17;/h3-7,21H,8-12H2,1-2H3,(H,22,25);1H. The molecule has 2 aromatic rings. The first-order chi connectivity index (χ1) is 12.0. The van der Waals surface area contributed by atoms with Gasteiger partial charge in [-0.3, -0.25) is 4.79 Å². The van der Waals surface area contributed by atoms with Crippen LogP contribution >= 0.6 is 24.0 Å². The molecule has 140 valence electrons. The normalized spacial score (nSPS) is 13.7. The van der Waals surface area contributed by atoms with Gasteiger partial charge in [-0.15, -0.1) is 12.4 Å². The molecule has 7 heteroatoms. The number of aryl methyl sites for hydroxylation is 1. The Hall–Kier alpha value is -1.82. The molecule has 2 N–H and O–H groups in total. The summed E-state index contributed by atoms with van der Waals surface area (Å²) in [7, 11) is 0. The molecule has 0 atom stereocenters. The molecule has 1 aliphatic rings. The second kappa shape index (κ2) is 9.21. The zero-order valence-electron chi connectivity index (χ0n) is 15.0. The number of hydrogen-bond donors (Lipinski definition) is 2. The highest BCUT2D eigenvalue weighted by atomic mass is 35.5. The van der Waals surface area contributed by atoms with E-state index in [1.807, 2.05) is 42.8 Å². The van der Waals surface area contributed by atoms with Gasteiger partial charge >= 0.3 is 0 Å². The fourth-order valence-corrected chi connectivity index (χ4v) is 3.16. The molecule has 1 aromatic carbocycles. The molecule has 5 nitrogen and oxygen atoms in total. The Morgan fingerprint density at radius 1 is 1.31 bits per heavy atom. The Morgan fingerprint density at radius 3 is 2.69 bits per heavy atom. The number of nitrogens with zero attached hydrogens (tertiary/aromatic N) is 2. The van der Waals surface area contributed by atoms with Crippen LogP contribution in [0.3, 0.4) is 0 Å². The molecule has 3 rings (SSSR count). The summed E-state index contributed by atoms with van der Waals surface area (Å²) in [6.45, 7) is 6.43. The zero-order chi connectivity index (χ0) is 17.8. The van der Waals surface area contributed by atoms with E-state index in [2.05, 4.69) is 21.8 Å². The maximum atomic E-state index is 12.3. The van der Waals surface area contributed by atoms with Gasteiger partial charge in [-0.2, -0.15) is 5.10 Å². The minimum absolute atomic E-state index is 0. The molecule has 0 unspecified atom stereocenters. The summed E-state index contributed by atoms with van der Waals surface area (Å²) in [6, 6.07) is 7.53. The van der Waals surface area contributed by atoms with Gasteiger partial charge in [-0.25, -0.2) is 4.68 Å². The summed E-state index contributed by atoms with van der Waals surface area (Å²) in [6.07, 6.45) is 3.49. The van der Waals surface area contributed by atoms with Crippen molar-refractivity contribution in [3.05, 3.63) is 57.9 Å². The smallest absolute Gasteiger partial charge is 0.224 e. The predicted octanol–water partition coefficient (Wildman–Crippen LogP) is 3.14. The van der Waals surface area contributed by atoms with E-state index in [-0.39, 0.29) is 18.3 Å². The third-order valence-corrected chi connectivity index (χ3v) is 4.77. The monoisotopic (exact) mass is 394 g/mol. The highest BCUT2D eigenvalue weighted by molar-refractivity contribution is 6.30. The molecule has 2 heterocycles. The lowest BCUT2D eigenvalue weighted by atomic mass is 10.1. The SMILES string of the molecule is Cc1nn(-c2ccc(Cl)cc2)c(C)c1CC(=O)NCC1=CCNCC1.Cl. The second-order valence-electron chi connectivity index (χ2n) is 6.31. The van der Waals surface area contributed by atoms with Crippen molar-refractivity contribution in [3.63, 3.8) is 0 Å². The van der Waals surface area contributed by atoms with Gasteiger partial charge in [0.15, 0.2) is 0 Å². The van der Waals surface area contributed by atoms with Crippen molar-refractivity contribution in [1.29, 1.82) is 0 Å². The number of hydrogen-bond acceptors (Lipinski definition) is 3. The van der Waals surface area contributed by atoms with E-state index in [4.69, 9.17) is 11.6 Å². The van der Waals surface area contributed by atoms with E-state index in [1.165, 1.54) is 5.57 Å². The predicted molar refractivity (Wildman–Crippen MR) is 108 cm³/mol. The number of rotatable bonds is 5. The van der Waals surface area contributed by atoms with Crippen LogP contribution in [-0.2, 0) is 11.2 Å². The summed E-state index contributed by atoms with van der Waals surface area (Å²) in [5.74, 6) is 0.0290. The number of carbonyl (C=O) groups is 1. The van der Waals surface area contributed by atoms with Crippen LogP contribution in [0.2, 0.25) is 5.02 Å². The third kappa shape index (κ3) is 4.87. The molecular formula is C19H24Cl2N4O. The van der Waals surface area contributed by atoms with Crippen LogP contribution in [0.1, 0.15) is 23.4 Å². The van der Waals surface area contributed by atoms with Crippen LogP contribution in [0.4, 0.5) is 0 Å². The first-order valence-electron chi connectivity index (χ1n) is 8.51. The Bertz CT molecular complexity index is 797. The van der Waals surface area contributed by atoms with Crippen molar-refractivity contribution in [1.82, 2.24) is 20.4 Å². The lowest BCUT2D eigenvalue weighted by Crippen LogP contribution is -2.30. The van der Waals surface area contributed by atoms with Crippen LogP contribution in [-0.4, -0.2) is 35.3 Å². The largest absolute Gasteiger partial charge is 0.352 e. The lowest BCUT2D eigenvalue weighted by Gasteiger charge is -2.14. The zero-order valence-corrected chi connectivity index (χ0v) is 16.6. The van der Waals surface area contributed by atoms with Gasteiger partial charge in [-0.1, -0.05) is 23.3 Å². The van der Waals surface area contributed by atoms with E-state index >= 15 is 0 Å². The molecule has 26 heavy (non-hydrogen) atoms. The quantitative estimate of drug-likeness (QED) is 0.765. The van der Waals surface area contributed by atoms with Gasteiger partial charge in [0.05, 0.1) is 17.8 Å². The van der Waals surface area contributed by atoms with Gasteiger partial charge in [-0.05, 0) is 51.1 Å². The van der Waals surface area contributed by atoms with E-state index in [9.17, 15) is 4.79 Å². The van der Waals surface area contributed by atoms with Crippen LogP contribution in [0.5, 0.6) is 0 Å². The van der Waals surface area contributed by atoms with Crippen molar-refractivity contribution in [2.75, 3.05) is 19.6 Å². The lowest BCUT2D eigenvalue weighted by molar-refractivity contribution is -0.120. The summed E-state index contributed by atoms with van der Waals surface area (Å²) < 4.78 is 1.86. The van der Waals surface area contributed by atoms with Crippen LogP contribution < -0.4 is 10.6 Å². The Balaban J connectivity index is 0.00000243. The average Bonchev–Trinajstić information content (AvgIpc) is 2.90. The topological polar surface area (TPSA) is 59.0 Å². The molecule has 1 aromatic heterocycles. The van der Waals surface area contributed by atoms with E-state index in [0.717, 1.165) is 42.1 Å². The van der Waals surface area contributed by atoms with Crippen molar-refractivity contribution in [2.45, 2.75) is 26.7 Å². The summed E-state index contributed by atoms with van der Waals surface area (Å²) >= 11 is 5.95. The van der Waals surface area contributed by atoms with Crippen molar-refractivity contribution < 1.29 is 4.79 Å². The van der Waals surface area contributed by atoms with E-state index in [0.29, 0.717) is 18.0 Å². The highest BCUT2D eigenvalue weighted by Gasteiger charge is 2.16. The van der Waals surface area contributed by atoms with Crippen LogP contribution in [0.25, 0.3) is 5.69 Å². The molecular weight excluding hydrogens is 371 g/mol. The van der Waals surface area contributed by atoms with Gasteiger partial charge in [0, 0.05) is 29.4 Å². The minimum Gasteiger partial charge on any atom is -0.352 e. The Kier molecular flexibility index (Phi) is 7.26. The third-order valence-electron chi connectivity index (χ3n) is 4.52. The molecule has 0 aliphatic carbocycles. The first kappa shape index (κ1) is 20.5. The van der Waals surface area contributed by atoms with E-state index in [1.54, 1.807) is 0 Å². The number of aromatic nitrogens is 2. The number of amides is 1. The number of nitrogens with one attached hydrogen (secondary N) is 2. The molecule has 0 spiro atoms. The minimum atomic E-state index is 0. The van der Waals surface area contributed by atoms with Gasteiger partial charge < -0.3 is 10.6 Å². The van der Waals surface area contributed by atoms with Gasteiger partial charge in [0.1, 0.15) is 0 Å². The molecule has 1 aliphatic heterocycles. The second-order valence-corrected chi connectivity index (χ2v) is 6.74. The summed E-state index contributed by atoms with van der Waals surface area (Å²) in [5.41, 5.74) is 5.07. The number of halogens is 2. The maximum absolute atomic E-state index is 12.3. The van der Waals surface area contributed by atoms with E-state index < -0.39 is 0 Å². The Morgan fingerprint density at radius 2 is 2.04 bits per heavy atom. The highest BCUT2D eigenvalue weighted by Crippen LogP contribution is 2.20.